The summed E-state index contributed by atoms with van der Waals surface area (Å²) < 4.78 is 18.1. The van der Waals surface area contributed by atoms with E-state index in [2.05, 4.69) is 15.5 Å². The van der Waals surface area contributed by atoms with Gasteiger partial charge in [0.05, 0.1) is 11.4 Å². The van der Waals surface area contributed by atoms with Crippen molar-refractivity contribution >= 4 is 11.4 Å². The van der Waals surface area contributed by atoms with Crippen LogP contribution in [0.5, 0.6) is 0 Å². The first kappa shape index (κ1) is 12.3. The maximum absolute atomic E-state index is 13.2. The van der Waals surface area contributed by atoms with Crippen molar-refractivity contribution in [3.05, 3.63) is 35.2 Å². The molecule has 0 saturated carbocycles. The van der Waals surface area contributed by atoms with Gasteiger partial charge in [-0.3, -0.25) is 0 Å². The lowest BCUT2D eigenvalue weighted by Crippen LogP contribution is -2.08. The van der Waals surface area contributed by atoms with Gasteiger partial charge in [0.2, 0.25) is 5.89 Å². The Morgan fingerprint density at radius 1 is 1.39 bits per heavy atom. The Morgan fingerprint density at radius 2 is 2.17 bits per heavy atom. The number of aryl methyl sites for hydroxylation is 2. The number of aromatic nitrogens is 2. The Morgan fingerprint density at radius 3 is 2.83 bits per heavy atom. The van der Waals surface area contributed by atoms with Crippen LogP contribution in [-0.2, 0) is 6.42 Å². The summed E-state index contributed by atoms with van der Waals surface area (Å²) >= 11 is 0. The average molecular weight is 250 g/mol. The summed E-state index contributed by atoms with van der Waals surface area (Å²) in [5.41, 5.74) is 7.39. The highest BCUT2D eigenvalue weighted by Gasteiger charge is 2.06. The molecule has 5 nitrogen and oxygen atoms in total. The number of halogens is 1. The van der Waals surface area contributed by atoms with Gasteiger partial charge in [0.1, 0.15) is 5.82 Å². The molecule has 96 valence electrons. The van der Waals surface area contributed by atoms with Crippen LogP contribution in [0.15, 0.2) is 16.7 Å². The lowest BCUT2D eigenvalue weighted by Gasteiger charge is -2.09. The molecule has 2 rings (SSSR count). The fraction of sp³-hybridized carbons (Fsp3) is 0.333. The first-order valence-corrected chi connectivity index (χ1v) is 5.65. The van der Waals surface area contributed by atoms with Crippen LogP contribution < -0.4 is 11.1 Å². The van der Waals surface area contributed by atoms with Crippen LogP contribution in [0.2, 0.25) is 0 Å². The van der Waals surface area contributed by atoms with E-state index in [9.17, 15) is 4.39 Å². The Kier molecular flexibility index (Phi) is 3.45. The Bertz CT molecular complexity index is 553. The van der Waals surface area contributed by atoms with Gasteiger partial charge in [-0.05, 0) is 24.6 Å². The summed E-state index contributed by atoms with van der Waals surface area (Å²) in [6.45, 7) is 4.04. The second-order valence-corrected chi connectivity index (χ2v) is 4.10. The normalized spacial score (nSPS) is 10.6. The SMILES string of the molecule is Cc1nc(CCNc2cc(C)c(F)cc2N)no1. The van der Waals surface area contributed by atoms with E-state index in [0.717, 1.165) is 0 Å². The first-order valence-electron chi connectivity index (χ1n) is 5.65. The third-order valence-electron chi connectivity index (χ3n) is 2.56. The zero-order valence-electron chi connectivity index (χ0n) is 10.3. The van der Waals surface area contributed by atoms with Crippen LogP contribution in [0.3, 0.4) is 0 Å². The number of nitrogens with two attached hydrogens (primary N) is 1. The maximum Gasteiger partial charge on any atom is 0.223 e. The number of anilines is 2. The monoisotopic (exact) mass is 250 g/mol. The third-order valence-corrected chi connectivity index (χ3v) is 2.56. The average Bonchev–Trinajstić information content (AvgIpc) is 2.71. The number of benzene rings is 1. The third kappa shape index (κ3) is 2.77. The van der Waals surface area contributed by atoms with E-state index in [1.54, 1.807) is 19.9 Å². The summed E-state index contributed by atoms with van der Waals surface area (Å²) in [7, 11) is 0. The number of nitrogens with zero attached hydrogens (tertiary/aromatic N) is 2. The predicted molar refractivity (Wildman–Crippen MR) is 66.8 cm³/mol. The molecule has 0 unspecified atom stereocenters. The lowest BCUT2D eigenvalue weighted by molar-refractivity contribution is 0.387. The Balaban J connectivity index is 1.96. The van der Waals surface area contributed by atoms with Gasteiger partial charge in [0, 0.05) is 19.9 Å². The van der Waals surface area contributed by atoms with Gasteiger partial charge in [-0.2, -0.15) is 4.98 Å². The van der Waals surface area contributed by atoms with Crippen LogP contribution in [0.1, 0.15) is 17.3 Å². The zero-order chi connectivity index (χ0) is 13.1. The van der Waals surface area contributed by atoms with Crippen molar-refractivity contribution in [2.75, 3.05) is 17.6 Å². The van der Waals surface area contributed by atoms with E-state index < -0.39 is 0 Å². The molecule has 0 aliphatic rings. The Labute approximate surface area is 104 Å². The van der Waals surface area contributed by atoms with Gasteiger partial charge >= 0.3 is 0 Å². The van der Waals surface area contributed by atoms with E-state index in [0.29, 0.717) is 41.6 Å². The van der Waals surface area contributed by atoms with Crippen molar-refractivity contribution in [2.45, 2.75) is 20.3 Å². The van der Waals surface area contributed by atoms with E-state index >= 15 is 0 Å². The van der Waals surface area contributed by atoms with Crippen LogP contribution in [0, 0.1) is 19.7 Å². The molecule has 0 aliphatic carbocycles. The molecule has 0 spiro atoms. The molecule has 1 aromatic carbocycles. The van der Waals surface area contributed by atoms with Crippen molar-refractivity contribution < 1.29 is 8.91 Å². The van der Waals surface area contributed by atoms with E-state index in [1.807, 2.05) is 0 Å². The highest BCUT2D eigenvalue weighted by Crippen LogP contribution is 2.22. The van der Waals surface area contributed by atoms with E-state index in [4.69, 9.17) is 10.3 Å². The summed E-state index contributed by atoms with van der Waals surface area (Å²) in [6, 6.07) is 3.00. The number of nitrogen functional groups attached to an aromatic ring is 1. The van der Waals surface area contributed by atoms with Crippen molar-refractivity contribution in [3.63, 3.8) is 0 Å². The molecule has 2 aromatic rings. The van der Waals surface area contributed by atoms with Crippen LogP contribution in [0.25, 0.3) is 0 Å². The fourth-order valence-electron chi connectivity index (χ4n) is 1.60. The first-order chi connectivity index (χ1) is 8.56. The smallest absolute Gasteiger partial charge is 0.223 e. The van der Waals surface area contributed by atoms with Gasteiger partial charge in [-0.25, -0.2) is 4.39 Å². The van der Waals surface area contributed by atoms with Crippen LogP contribution >= 0.6 is 0 Å². The van der Waals surface area contributed by atoms with Crippen molar-refractivity contribution in [2.24, 2.45) is 0 Å². The topological polar surface area (TPSA) is 77.0 Å². The molecule has 0 saturated heterocycles. The molecule has 0 atom stereocenters. The molecular weight excluding hydrogens is 235 g/mol. The quantitative estimate of drug-likeness (QED) is 0.812. The number of hydrogen-bond donors (Lipinski definition) is 2. The van der Waals surface area contributed by atoms with Gasteiger partial charge in [0.25, 0.3) is 0 Å². The molecule has 6 heteroatoms. The molecule has 1 aromatic heterocycles. The zero-order valence-corrected chi connectivity index (χ0v) is 10.3. The van der Waals surface area contributed by atoms with Gasteiger partial charge in [0.15, 0.2) is 5.82 Å². The number of nitrogens with one attached hydrogen (secondary N) is 1. The molecule has 0 amide bonds. The minimum Gasteiger partial charge on any atom is -0.397 e. The number of hydrogen-bond acceptors (Lipinski definition) is 5. The standard InChI is InChI=1S/C12H15FN4O/c1-7-5-11(10(14)6-9(7)13)15-4-3-12-16-8(2)18-17-12/h5-6,15H,3-4,14H2,1-2H3. The molecule has 0 bridgehead atoms. The highest BCUT2D eigenvalue weighted by atomic mass is 19.1. The molecule has 18 heavy (non-hydrogen) atoms. The summed E-state index contributed by atoms with van der Waals surface area (Å²) in [5, 5.41) is 6.91. The molecular formula is C12H15FN4O. The van der Waals surface area contributed by atoms with Crippen LogP contribution in [-0.4, -0.2) is 16.7 Å². The van der Waals surface area contributed by atoms with Crippen molar-refractivity contribution in [1.82, 2.24) is 10.1 Å². The maximum atomic E-state index is 13.2. The predicted octanol–water partition coefficient (Wildman–Crippen LogP) is 2.06. The largest absolute Gasteiger partial charge is 0.397 e. The van der Waals surface area contributed by atoms with Crippen molar-refractivity contribution in [3.8, 4) is 0 Å². The molecule has 0 aliphatic heterocycles. The Hall–Kier alpha value is -2.11. The fourth-order valence-corrected chi connectivity index (χ4v) is 1.60. The summed E-state index contributed by atoms with van der Waals surface area (Å²) in [5.74, 6) is 0.881. The molecule has 3 N–H and O–H groups in total. The number of rotatable bonds is 4. The van der Waals surface area contributed by atoms with Crippen molar-refractivity contribution in [1.29, 1.82) is 0 Å². The molecule has 0 radical (unpaired) electrons. The molecule has 1 heterocycles. The summed E-state index contributed by atoms with van der Waals surface area (Å²) in [6.07, 6.45) is 0.618. The van der Waals surface area contributed by atoms with E-state index in [1.165, 1.54) is 6.07 Å². The second kappa shape index (κ2) is 5.03. The minimum absolute atomic E-state index is 0.299. The highest BCUT2D eigenvalue weighted by molar-refractivity contribution is 5.67. The van der Waals surface area contributed by atoms with Gasteiger partial charge in [-0.15, -0.1) is 0 Å². The summed E-state index contributed by atoms with van der Waals surface area (Å²) in [4.78, 5) is 4.09. The van der Waals surface area contributed by atoms with Gasteiger partial charge < -0.3 is 15.6 Å². The van der Waals surface area contributed by atoms with E-state index in [-0.39, 0.29) is 5.82 Å². The second-order valence-electron chi connectivity index (χ2n) is 4.10. The van der Waals surface area contributed by atoms with Crippen LogP contribution in [0.4, 0.5) is 15.8 Å². The lowest BCUT2D eigenvalue weighted by atomic mass is 10.2. The van der Waals surface area contributed by atoms with Gasteiger partial charge in [-0.1, -0.05) is 5.16 Å². The minimum atomic E-state index is -0.299. The molecule has 0 fully saturated rings.